The molecule has 0 bridgehead atoms. The van der Waals surface area contributed by atoms with Crippen molar-refractivity contribution >= 4 is 22.8 Å². The quantitative estimate of drug-likeness (QED) is 0.338. The zero-order valence-electron chi connectivity index (χ0n) is 17.8. The molecule has 0 fully saturated rings. The zero-order chi connectivity index (χ0) is 22.8. The fourth-order valence-electron chi connectivity index (χ4n) is 4.23. The smallest absolute Gasteiger partial charge is 0.323 e. The maximum atomic E-state index is 13.1. The Morgan fingerprint density at radius 1 is 1.12 bits per heavy atom. The highest BCUT2D eigenvalue weighted by Gasteiger charge is 2.30. The molecule has 33 heavy (non-hydrogen) atoms. The minimum Gasteiger partial charge on any atom is -0.365 e. The first-order valence-electron chi connectivity index (χ1n) is 10.8. The number of imidazole rings is 1. The van der Waals surface area contributed by atoms with Crippen LogP contribution in [0.4, 0.5) is 5.82 Å². The van der Waals surface area contributed by atoms with Crippen molar-refractivity contribution < 1.29 is 4.79 Å². The number of aromatic nitrogens is 5. The van der Waals surface area contributed by atoms with E-state index in [0.29, 0.717) is 36.8 Å². The average molecular weight is 445 g/mol. The van der Waals surface area contributed by atoms with Gasteiger partial charge in [-0.1, -0.05) is 18.2 Å². The number of carbonyl (C=O) groups is 1. The number of H-pyrrole nitrogens is 2. The molecule has 0 saturated carbocycles. The highest BCUT2D eigenvalue weighted by Crippen LogP contribution is 2.24. The molecule has 1 atom stereocenters. The predicted molar refractivity (Wildman–Crippen MR) is 123 cm³/mol. The molecule has 10 heteroatoms. The van der Waals surface area contributed by atoms with Crippen LogP contribution in [0.15, 0.2) is 58.4 Å². The van der Waals surface area contributed by atoms with Crippen molar-refractivity contribution in [2.45, 2.75) is 31.8 Å². The number of aromatic amines is 2. The number of carbonyl (C=O) groups excluding carboxylic acids is 1. The van der Waals surface area contributed by atoms with Gasteiger partial charge in [0.2, 0.25) is 5.91 Å². The van der Waals surface area contributed by atoms with Crippen LogP contribution >= 0.6 is 0 Å². The molecule has 0 spiro atoms. The molecule has 0 saturated heterocycles. The lowest BCUT2D eigenvalue weighted by atomic mass is 10.1. The standard InChI is InChI=1S/C23H23N7O3/c31-21(27-12-14-4-3-6-17-19(14)29-23(33)28-17)18-8-7-16-13-26-20(22(32)30(16)18)25-11-9-15-5-1-2-10-24-15/h1-6,10,13,18H,7-9,11-12H2,(H,25,26)(H,27,31)(H2,28,29,33)/t18-/m0/s1. The molecule has 0 aliphatic carbocycles. The number of amides is 1. The van der Waals surface area contributed by atoms with Gasteiger partial charge in [-0.3, -0.25) is 19.1 Å². The zero-order valence-corrected chi connectivity index (χ0v) is 17.8. The molecule has 1 aromatic carbocycles. The van der Waals surface area contributed by atoms with Crippen molar-refractivity contribution in [2.75, 3.05) is 11.9 Å². The topological polar surface area (TPSA) is 138 Å². The number of aryl methyl sites for hydroxylation is 1. The Bertz CT molecular complexity index is 1420. The first kappa shape index (κ1) is 20.7. The van der Waals surface area contributed by atoms with Gasteiger partial charge in [0.05, 0.1) is 11.0 Å². The first-order chi connectivity index (χ1) is 16.1. The van der Waals surface area contributed by atoms with Crippen molar-refractivity contribution in [1.82, 2.24) is 29.8 Å². The van der Waals surface area contributed by atoms with Crippen LogP contribution in [0.3, 0.4) is 0 Å². The second-order valence-electron chi connectivity index (χ2n) is 7.96. The van der Waals surface area contributed by atoms with Gasteiger partial charge in [0, 0.05) is 43.3 Å². The SMILES string of the molecule is O=C(NCc1cccc2[nH]c(=O)[nH]c12)[C@@H]1CCc2cnc(NCCc3ccccn3)c(=O)n21. The van der Waals surface area contributed by atoms with Gasteiger partial charge in [-0.15, -0.1) is 0 Å². The predicted octanol–water partition coefficient (Wildman–Crippen LogP) is 1.27. The maximum Gasteiger partial charge on any atom is 0.323 e. The monoisotopic (exact) mass is 445 g/mol. The summed E-state index contributed by atoms with van der Waals surface area (Å²) in [6.07, 6.45) is 5.18. The molecule has 4 heterocycles. The van der Waals surface area contributed by atoms with Crippen LogP contribution in [0.25, 0.3) is 11.0 Å². The van der Waals surface area contributed by atoms with Crippen LogP contribution in [-0.2, 0) is 24.2 Å². The molecule has 0 unspecified atom stereocenters. The van der Waals surface area contributed by atoms with E-state index in [4.69, 9.17) is 0 Å². The number of rotatable bonds is 7. The molecule has 0 radical (unpaired) electrons. The summed E-state index contributed by atoms with van der Waals surface area (Å²) in [5.74, 6) is -0.0135. The molecule has 168 valence electrons. The Hall–Kier alpha value is -4.21. The minimum atomic E-state index is -0.601. The third kappa shape index (κ3) is 4.14. The highest BCUT2D eigenvalue weighted by atomic mass is 16.2. The summed E-state index contributed by atoms with van der Waals surface area (Å²) in [5.41, 5.74) is 3.20. The van der Waals surface area contributed by atoms with E-state index >= 15 is 0 Å². The fraction of sp³-hybridized carbons (Fsp3) is 0.261. The van der Waals surface area contributed by atoms with Crippen LogP contribution in [0, 0.1) is 0 Å². The molecule has 5 rings (SSSR count). The molecule has 1 amide bonds. The number of nitrogens with one attached hydrogen (secondary N) is 4. The highest BCUT2D eigenvalue weighted by molar-refractivity contribution is 5.82. The summed E-state index contributed by atoms with van der Waals surface area (Å²) in [5, 5.41) is 5.99. The van der Waals surface area contributed by atoms with Gasteiger partial charge >= 0.3 is 5.69 Å². The molecule has 4 aromatic rings. The number of anilines is 1. The minimum absolute atomic E-state index is 0.226. The van der Waals surface area contributed by atoms with E-state index in [9.17, 15) is 14.4 Å². The van der Waals surface area contributed by atoms with E-state index < -0.39 is 6.04 Å². The molecular formula is C23H23N7O3. The Kier molecular flexibility index (Phi) is 5.47. The average Bonchev–Trinajstić information content (AvgIpc) is 3.43. The van der Waals surface area contributed by atoms with Gasteiger partial charge in [-0.25, -0.2) is 9.78 Å². The first-order valence-corrected chi connectivity index (χ1v) is 10.8. The number of nitrogens with zero attached hydrogens (tertiary/aromatic N) is 3. The number of pyridine rings is 1. The number of hydrogen-bond donors (Lipinski definition) is 4. The molecular weight excluding hydrogens is 422 g/mol. The largest absolute Gasteiger partial charge is 0.365 e. The van der Waals surface area contributed by atoms with Crippen molar-refractivity contribution in [3.63, 3.8) is 0 Å². The lowest BCUT2D eigenvalue weighted by Crippen LogP contribution is -2.36. The van der Waals surface area contributed by atoms with Gasteiger partial charge in [-0.05, 0) is 36.6 Å². The van der Waals surface area contributed by atoms with Gasteiger partial charge < -0.3 is 20.6 Å². The van der Waals surface area contributed by atoms with E-state index in [1.54, 1.807) is 18.5 Å². The number of hydrogen-bond acceptors (Lipinski definition) is 6. The van der Waals surface area contributed by atoms with Crippen LogP contribution in [0.2, 0.25) is 0 Å². The van der Waals surface area contributed by atoms with Gasteiger partial charge in [0.15, 0.2) is 5.82 Å². The third-order valence-electron chi connectivity index (χ3n) is 5.85. The van der Waals surface area contributed by atoms with Crippen molar-refractivity contribution in [1.29, 1.82) is 0 Å². The van der Waals surface area contributed by atoms with Crippen molar-refractivity contribution in [3.8, 4) is 0 Å². The maximum absolute atomic E-state index is 13.1. The molecule has 3 aromatic heterocycles. The summed E-state index contributed by atoms with van der Waals surface area (Å²) in [6, 6.07) is 10.6. The second kappa shape index (κ2) is 8.73. The number of para-hydroxylation sites is 1. The Morgan fingerprint density at radius 2 is 2.03 bits per heavy atom. The van der Waals surface area contributed by atoms with Crippen LogP contribution < -0.4 is 21.9 Å². The van der Waals surface area contributed by atoms with Crippen molar-refractivity contribution in [3.05, 3.63) is 86.6 Å². The number of benzene rings is 1. The lowest BCUT2D eigenvalue weighted by Gasteiger charge is -2.16. The Labute approximate surface area is 188 Å². The normalized spacial score (nSPS) is 14.8. The summed E-state index contributed by atoms with van der Waals surface area (Å²) in [6.45, 7) is 0.749. The van der Waals surface area contributed by atoms with E-state index in [1.165, 1.54) is 4.57 Å². The Balaban J connectivity index is 1.29. The molecule has 10 nitrogen and oxygen atoms in total. The van der Waals surface area contributed by atoms with Gasteiger partial charge in [-0.2, -0.15) is 0 Å². The second-order valence-corrected chi connectivity index (χ2v) is 7.96. The lowest BCUT2D eigenvalue weighted by molar-refractivity contribution is -0.124. The van der Waals surface area contributed by atoms with E-state index in [1.807, 2.05) is 30.3 Å². The fourth-order valence-corrected chi connectivity index (χ4v) is 4.23. The van der Waals surface area contributed by atoms with E-state index in [-0.39, 0.29) is 29.5 Å². The third-order valence-corrected chi connectivity index (χ3v) is 5.85. The van der Waals surface area contributed by atoms with Crippen LogP contribution in [-0.4, -0.2) is 37.0 Å². The summed E-state index contributed by atoms with van der Waals surface area (Å²) in [7, 11) is 0. The molecule has 1 aliphatic rings. The molecule has 4 N–H and O–H groups in total. The molecule has 1 aliphatic heterocycles. The number of fused-ring (bicyclic) bond motifs is 2. The summed E-state index contributed by atoms with van der Waals surface area (Å²) >= 11 is 0. The van der Waals surface area contributed by atoms with E-state index in [2.05, 4.69) is 30.6 Å². The van der Waals surface area contributed by atoms with E-state index in [0.717, 1.165) is 17.0 Å². The summed E-state index contributed by atoms with van der Waals surface area (Å²) in [4.78, 5) is 51.7. The van der Waals surface area contributed by atoms with Crippen LogP contribution in [0.5, 0.6) is 0 Å². The summed E-state index contributed by atoms with van der Waals surface area (Å²) < 4.78 is 1.53. The van der Waals surface area contributed by atoms with Crippen molar-refractivity contribution in [2.24, 2.45) is 0 Å². The van der Waals surface area contributed by atoms with Crippen LogP contribution in [0.1, 0.15) is 29.4 Å². The Morgan fingerprint density at radius 3 is 2.88 bits per heavy atom. The van der Waals surface area contributed by atoms with Gasteiger partial charge in [0.1, 0.15) is 6.04 Å². The van der Waals surface area contributed by atoms with Gasteiger partial charge in [0.25, 0.3) is 5.56 Å².